The third kappa shape index (κ3) is 5.02. The Bertz CT molecular complexity index is 366. The second kappa shape index (κ2) is 8.18. The van der Waals surface area contributed by atoms with Crippen LogP contribution >= 0.6 is 23.4 Å². The molecule has 1 fully saturated rings. The van der Waals surface area contributed by atoms with E-state index in [4.69, 9.17) is 11.6 Å². The summed E-state index contributed by atoms with van der Waals surface area (Å²) in [6, 6.07) is 8.98. The number of rotatable bonds is 5. The number of hydrogen-bond acceptors (Lipinski definition) is 2. The van der Waals surface area contributed by atoms with E-state index >= 15 is 0 Å². The Morgan fingerprint density at radius 2 is 1.89 bits per heavy atom. The van der Waals surface area contributed by atoms with Crippen LogP contribution in [0.25, 0.3) is 0 Å². The summed E-state index contributed by atoms with van der Waals surface area (Å²) in [5, 5.41) is 5.27. The summed E-state index contributed by atoms with van der Waals surface area (Å²) < 4.78 is 0. The second-order valence-corrected chi connectivity index (χ2v) is 6.94. The van der Waals surface area contributed by atoms with Crippen LogP contribution in [0.5, 0.6) is 0 Å². The average molecular weight is 298 g/mol. The third-order valence-corrected chi connectivity index (χ3v) is 5.54. The molecule has 2 rings (SSSR count). The molecule has 0 spiro atoms. The highest BCUT2D eigenvalue weighted by molar-refractivity contribution is 7.99. The fourth-order valence-corrected chi connectivity index (χ4v) is 4.28. The Kier molecular flexibility index (Phi) is 6.55. The summed E-state index contributed by atoms with van der Waals surface area (Å²) >= 11 is 8.04. The maximum absolute atomic E-state index is 5.93. The summed E-state index contributed by atoms with van der Waals surface area (Å²) in [5.41, 5.74) is 1.38. The van der Waals surface area contributed by atoms with Crippen molar-refractivity contribution in [2.24, 2.45) is 0 Å². The maximum atomic E-state index is 5.93. The Morgan fingerprint density at radius 3 is 2.63 bits per heavy atom. The van der Waals surface area contributed by atoms with Gasteiger partial charge in [0.05, 0.1) is 0 Å². The predicted octanol–water partition coefficient (Wildman–Crippen LogP) is 4.88. The number of hydrogen-bond donors (Lipinski definition) is 1. The van der Waals surface area contributed by atoms with E-state index < -0.39 is 0 Å². The third-order valence-electron chi connectivity index (χ3n) is 3.80. The van der Waals surface area contributed by atoms with E-state index in [1.54, 1.807) is 0 Å². The first kappa shape index (κ1) is 15.2. The number of halogens is 1. The quantitative estimate of drug-likeness (QED) is 0.777. The van der Waals surface area contributed by atoms with E-state index in [-0.39, 0.29) is 0 Å². The van der Waals surface area contributed by atoms with Crippen molar-refractivity contribution in [3.8, 4) is 0 Å². The monoisotopic (exact) mass is 297 g/mol. The molecule has 1 nitrogen and oxygen atoms in total. The second-order valence-electron chi connectivity index (χ2n) is 5.28. The molecule has 3 heteroatoms. The lowest BCUT2D eigenvalue weighted by atomic mass is 10.1. The minimum atomic E-state index is 0.699. The van der Waals surface area contributed by atoms with E-state index in [0.717, 1.165) is 22.6 Å². The van der Waals surface area contributed by atoms with Gasteiger partial charge in [-0.2, -0.15) is 11.8 Å². The molecule has 1 N–H and O–H groups in total. The lowest BCUT2D eigenvalue weighted by Gasteiger charge is -2.25. The largest absolute Gasteiger partial charge is 0.313 e. The number of benzene rings is 1. The molecule has 1 saturated carbocycles. The van der Waals surface area contributed by atoms with Crippen LogP contribution in [0.4, 0.5) is 0 Å². The van der Waals surface area contributed by atoms with Crippen molar-refractivity contribution < 1.29 is 0 Å². The number of nitrogens with one attached hydrogen (secondary N) is 1. The van der Waals surface area contributed by atoms with Gasteiger partial charge in [0, 0.05) is 22.1 Å². The fraction of sp³-hybridized carbons (Fsp3) is 0.625. The van der Waals surface area contributed by atoms with Crippen LogP contribution in [0.15, 0.2) is 24.3 Å². The van der Waals surface area contributed by atoms with E-state index in [1.807, 2.05) is 12.1 Å². The molecule has 0 heterocycles. The molecule has 1 aromatic carbocycles. The molecular weight excluding hydrogens is 274 g/mol. The normalized spacial score (nSPS) is 24.1. The molecule has 0 aliphatic heterocycles. The topological polar surface area (TPSA) is 12.0 Å². The van der Waals surface area contributed by atoms with Crippen LogP contribution in [0.3, 0.4) is 0 Å². The van der Waals surface area contributed by atoms with Gasteiger partial charge in [-0.05, 0) is 37.1 Å². The molecule has 0 amide bonds. The summed E-state index contributed by atoms with van der Waals surface area (Å²) in [6.45, 7) is 3.30. The molecular formula is C16H24ClNS. The molecule has 1 aliphatic carbocycles. The van der Waals surface area contributed by atoms with Gasteiger partial charge >= 0.3 is 0 Å². The molecule has 1 aliphatic rings. The zero-order valence-corrected chi connectivity index (χ0v) is 13.3. The van der Waals surface area contributed by atoms with Crippen LogP contribution in [-0.2, 0) is 5.75 Å². The zero-order chi connectivity index (χ0) is 13.5. The predicted molar refractivity (Wildman–Crippen MR) is 87.1 cm³/mol. The van der Waals surface area contributed by atoms with Gasteiger partial charge in [0.1, 0.15) is 0 Å². The van der Waals surface area contributed by atoms with Gasteiger partial charge < -0.3 is 5.32 Å². The highest BCUT2D eigenvalue weighted by Crippen LogP contribution is 2.30. The Morgan fingerprint density at radius 1 is 1.16 bits per heavy atom. The molecule has 0 radical (unpaired) electrons. The van der Waals surface area contributed by atoms with Crippen molar-refractivity contribution in [1.29, 1.82) is 0 Å². The lowest BCUT2D eigenvalue weighted by Crippen LogP contribution is -2.37. The molecule has 1 aromatic rings. The van der Waals surface area contributed by atoms with Crippen LogP contribution in [0, 0.1) is 0 Å². The Hall–Kier alpha value is -0.180. The smallest absolute Gasteiger partial charge is 0.0406 e. The van der Waals surface area contributed by atoms with E-state index in [0.29, 0.717) is 6.04 Å². The molecule has 2 atom stereocenters. The van der Waals surface area contributed by atoms with Crippen molar-refractivity contribution in [3.05, 3.63) is 34.9 Å². The number of thioether (sulfide) groups is 1. The highest BCUT2D eigenvalue weighted by atomic mass is 35.5. The van der Waals surface area contributed by atoms with Gasteiger partial charge in [-0.3, -0.25) is 0 Å². The summed E-state index contributed by atoms with van der Waals surface area (Å²) in [5.74, 6) is 1.10. The Balaban J connectivity index is 1.89. The van der Waals surface area contributed by atoms with Crippen LogP contribution in [0.2, 0.25) is 5.02 Å². The van der Waals surface area contributed by atoms with E-state index in [9.17, 15) is 0 Å². The van der Waals surface area contributed by atoms with E-state index in [2.05, 4.69) is 36.1 Å². The average Bonchev–Trinajstić information content (AvgIpc) is 2.64. The lowest BCUT2D eigenvalue weighted by molar-refractivity contribution is 0.482. The highest BCUT2D eigenvalue weighted by Gasteiger charge is 2.23. The van der Waals surface area contributed by atoms with E-state index in [1.165, 1.54) is 37.7 Å². The van der Waals surface area contributed by atoms with Crippen molar-refractivity contribution in [2.45, 2.75) is 56.1 Å². The minimum absolute atomic E-state index is 0.699. The van der Waals surface area contributed by atoms with Crippen LogP contribution < -0.4 is 5.32 Å². The molecule has 0 aromatic heterocycles. The van der Waals surface area contributed by atoms with Gasteiger partial charge in [-0.1, -0.05) is 49.9 Å². The fourth-order valence-electron chi connectivity index (χ4n) is 2.75. The first-order chi connectivity index (χ1) is 9.29. The first-order valence-electron chi connectivity index (χ1n) is 7.39. The maximum Gasteiger partial charge on any atom is 0.0406 e. The summed E-state index contributed by atoms with van der Waals surface area (Å²) in [4.78, 5) is 0. The molecule has 0 bridgehead atoms. The molecule has 0 saturated heterocycles. The van der Waals surface area contributed by atoms with Gasteiger partial charge in [0.25, 0.3) is 0 Å². The minimum Gasteiger partial charge on any atom is -0.313 e. The molecule has 106 valence electrons. The SMILES string of the molecule is CCNC1CCCCCC1SCc1ccc(Cl)cc1. The van der Waals surface area contributed by atoms with Crippen LogP contribution in [-0.4, -0.2) is 17.8 Å². The van der Waals surface area contributed by atoms with Crippen molar-refractivity contribution in [1.82, 2.24) is 5.32 Å². The molecule has 19 heavy (non-hydrogen) atoms. The van der Waals surface area contributed by atoms with Gasteiger partial charge in [-0.15, -0.1) is 0 Å². The zero-order valence-electron chi connectivity index (χ0n) is 11.7. The molecule has 2 unspecified atom stereocenters. The van der Waals surface area contributed by atoms with Crippen molar-refractivity contribution in [3.63, 3.8) is 0 Å². The van der Waals surface area contributed by atoms with Crippen molar-refractivity contribution >= 4 is 23.4 Å². The van der Waals surface area contributed by atoms with Gasteiger partial charge in [0.15, 0.2) is 0 Å². The summed E-state index contributed by atoms with van der Waals surface area (Å²) in [6.07, 6.45) is 6.87. The van der Waals surface area contributed by atoms with Crippen molar-refractivity contribution in [2.75, 3.05) is 6.54 Å². The van der Waals surface area contributed by atoms with Crippen LogP contribution in [0.1, 0.15) is 44.6 Å². The standard InChI is InChI=1S/C16H24ClNS/c1-2-18-15-6-4-3-5-7-16(15)19-12-13-8-10-14(17)11-9-13/h8-11,15-16,18H,2-7,12H2,1H3. The first-order valence-corrected chi connectivity index (χ1v) is 8.81. The van der Waals surface area contributed by atoms with Gasteiger partial charge in [0.2, 0.25) is 0 Å². The summed E-state index contributed by atoms with van der Waals surface area (Å²) in [7, 11) is 0. The van der Waals surface area contributed by atoms with Gasteiger partial charge in [-0.25, -0.2) is 0 Å². The Labute approximate surface area is 126 Å².